The summed E-state index contributed by atoms with van der Waals surface area (Å²) in [5.41, 5.74) is 2.04. The van der Waals surface area contributed by atoms with Gasteiger partial charge in [0, 0.05) is 17.7 Å². The molecule has 1 N–H and O–H groups in total. The highest BCUT2D eigenvalue weighted by Gasteiger charge is 2.12. The molecule has 27 heavy (non-hydrogen) atoms. The third-order valence-electron chi connectivity index (χ3n) is 3.87. The number of anilines is 1. The molecule has 0 saturated heterocycles. The number of halogens is 3. The molecule has 3 rings (SSSR count). The molecule has 2 aromatic carbocycles. The van der Waals surface area contributed by atoms with Crippen molar-refractivity contribution in [3.63, 3.8) is 0 Å². The van der Waals surface area contributed by atoms with E-state index in [0.29, 0.717) is 23.0 Å². The summed E-state index contributed by atoms with van der Waals surface area (Å²) in [5.74, 6) is -1.97. The summed E-state index contributed by atoms with van der Waals surface area (Å²) in [6.45, 7) is 2.27. The second-order valence-electron chi connectivity index (χ2n) is 5.88. The van der Waals surface area contributed by atoms with Crippen LogP contribution >= 0.6 is 11.6 Å². The Kier molecular flexibility index (Phi) is 5.66. The number of hydrogen-bond acceptors (Lipinski definition) is 2. The molecule has 3 aromatic rings. The second-order valence-corrected chi connectivity index (χ2v) is 6.24. The minimum Gasteiger partial charge on any atom is -0.320 e. The minimum absolute atomic E-state index is 0.229. The van der Waals surface area contributed by atoms with Crippen molar-refractivity contribution in [1.82, 2.24) is 9.78 Å². The van der Waals surface area contributed by atoms with Gasteiger partial charge in [0.15, 0.2) is 0 Å². The fourth-order valence-corrected chi connectivity index (χ4v) is 2.84. The molecule has 1 aromatic heterocycles. The zero-order valence-corrected chi connectivity index (χ0v) is 15.2. The molecule has 1 amide bonds. The molecule has 0 aliphatic carbocycles. The van der Waals surface area contributed by atoms with E-state index in [-0.39, 0.29) is 5.69 Å². The van der Waals surface area contributed by atoms with Crippen molar-refractivity contribution in [2.24, 2.45) is 0 Å². The number of amides is 1. The SMILES string of the molecule is Cc1nn(Cc2ccccc2)c(Cl)c1/C=C/C(=O)Nc1cc(F)ccc1F. The van der Waals surface area contributed by atoms with E-state index in [1.54, 1.807) is 11.6 Å². The van der Waals surface area contributed by atoms with Crippen LogP contribution in [0, 0.1) is 18.6 Å². The van der Waals surface area contributed by atoms with Gasteiger partial charge in [0.05, 0.1) is 17.9 Å². The average Bonchev–Trinajstić information content (AvgIpc) is 2.90. The lowest BCUT2D eigenvalue weighted by Crippen LogP contribution is -2.09. The quantitative estimate of drug-likeness (QED) is 0.638. The Bertz CT molecular complexity index is 1000. The van der Waals surface area contributed by atoms with Gasteiger partial charge in [0.2, 0.25) is 5.91 Å². The summed E-state index contributed by atoms with van der Waals surface area (Å²) in [7, 11) is 0. The molecule has 1 heterocycles. The minimum atomic E-state index is -0.719. The monoisotopic (exact) mass is 387 g/mol. The maximum Gasteiger partial charge on any atom is 0.248 e. The lowest BCUT2D eigenvalue weighted by molar-refractivity contribution is -0.111. The smallest absolute Gasteiger partial charge is 0.248 e. The van der Waals surface area contributed by atoms with Crippen molar-refractivity contribution in [1.29, 1.82) is 0 Å². The van der Waals surface area contributed by atoms with Crippen LogP contribution in [0.15, 0.2) is 54.6 Å². The van der Waals surface area contributed by atoms with Gasteiger partial charge in [-0.3, -0.25) is 4.79 Å². The predicted molar refractivity (Wildman–Crippen MR) is 102 cm³/mol. The number of nitrogens with one attached hydrogen (secondary N) is 1. The molecule has 0 atom stereocenters. The molecule has 4 nitrogen and oxygen atoms in total. The third kappa shape index (κ3) is 4.60. The number of hydrogen-bond donors (Lipinski definition) is 1. The van der Waals surface area contributed by atoms with E-state index >= 15 is 0 Å². The fourth-order valence-electron chi connectivity index (χ4n) is 2.54. The molecule has 0 spiro atoms. The fraction of sp³-hybridized carbons (Fsp3) is 0.100. The summed E-state index contributed by atoms with van der Waals surface area (Å²) < 4.78 is 28.4. The molecular formula is C20H16ClF2N3O. The van der Waals surface area contributed by atoms with Crippen LogP contribution in [0.25, 0.3) is 6.08 Å². The van der Waals surface area contributed by atoms with Crippen molar-refractivity contribution in [3.8, 4) is 0 Å². The summed E-state index contributed by atoms with van der Waals surface area (Å²) in [6.07, 6.45) is 2.70. The third-order valence-corrected chi connectivity index (χ3v) is 4.27. The molecule has 0 saturated carbocycles. The highest BCUT2D eigenvalue weighted by atomic mass is 35.5. The molecule has 0 fully saturated rings. The Morgan fingerprint density at radius 1 is 1.22 bits per heavy atom. The van der Waals surface area contributed by atoms with Gasteiger partial charge in [-0.25, -0.2) is 13.5 Å². The first-order chi connectivity index (χ1) is 12.9. The van der Waals surface area contributed by atoms with Crippen molar-refractivity contribution in [2.45, 2.75) is 13.5 Å². The molecule has 0 radical (unpaired) electrons. The molecular weight excluding hydrogens is 372 g/mol. The van der Waals surface area contributed by atoms with E-state index in [9.17, 15) is 13.6 Å². The zero-order chi connectivity index (χ0) is 19.4. The second kappa shape index (κ2) is 8.14. The Balaban J connectivity index is 1.75. The maximum atomic E-state index is 13.6. The number of aromatic nitrogens is 2. The number of carbonyl (C=O) groups is 1. The lowest BCUT2D eigenvalue weighted by atomic mass is 10.2. The first-order valence-electron chi connectivity index (χ1n) is 8.15. The first-order valence-corrected chi connectivity index (χ1v) is 8.53. The van der Waals surface area contributed by atoms with Crippen molar-refractivity contribution in [2.75, 3.05) is 5.32 Å². The van der Waals surface area contributed by atoms with Crippen molar-refractivity contribution >= 4 is 29.3 Å². The summed E-state index contributed by atoms with van der Waals surface area (Å²) in [6, 6.07) is 12.5. The maximum absolute atomic E-state index is 13.6. The van der Waals surface area contributed by atoms with E-state index in [1.165, 1.54) is 12.2 Å². The standard InChI is InChI=1S/C20H16ClF2N3O/c1-13-16(20(21)26(25-13)12-14-5-3-2-4-6-14)8-10-19(27)24-18-11-15(22)7-9-17(18)23/h2-11H,12H2,1H3,(H,24,27)/b10-8+. The normalized spacial score (nSPS) is 11.1. The van der Waals surface area contributed by atoms with Gasteiger partial charge in [0.1, 0.15) is 16.8 Å². The van der Waals surface area contributed by atoms with Crippen molar-refractivity contribution < 1.29 is 13.6 Å². The van der Waals surface area contributed by atoms with Gasteiger partial charge in [-0.05, 0) is 30.7 Å². The predicted octanol–water partition coefficient (Wildman–Crippen LogP) is 4.82. The Hall–Kier alpha value is -2.99. The molecule has 138 valence electrons. The van der Waals surface area contributed by atoms with E-state index in [0.717, 1.165) is 23.8 Å². The van der Waals surface area contributed by atoms with Crippen LogP contribution in [-0.2, 0) is 11.3 Å². The van der Waals surface area contributed by atoms with Gasteiger partial charge in [0.25, 0.3) is 0 Å². The van der Waals surface area contributed by atoms with Gasteiger partial charge < -0.3 is 5.32 Å². The molecule has 7 heteroatoms. The van der Waals surface area contributed by atoms with E-state index in [4.69, 9.17) is 11.6 Å². The summed E-state index contributed by atoms with van der Waals surface area (Å²) >= 11 is 6.38. The zero-order valence-electron chi connectivity index (χ0n) is 14.4. The Morgan fingerprint density at radius 3 is 2.70 bits per heavy atom. The van der Waals surface area contributed by atoms with Crippen molar-refractivity contribution in [3.05, 3.63) is 88.2 Å². The number of nitrogens with zero attached hydrogens (tertiary/aromatic N) is 2. The summed E-state index contributed by atoms with van der Waals surface area (Å²) in [4.78, 5) is 12.0. The average molecular weight is 388 g/mol. The highest BCUT2D eigenvalue weighted by molar-refractivity contribution is 6.31. The van der Waals surface area contributed by atoms with E-state index in [1.807, 2.05) is 30.3 Å². The highest BCUT2D eigenvalue weighted by Crippen LogP contribution is 2.22. The number of benzene rings is 2. The largest absolute Gasteiger partial charge is 0.320 e. The number of rotatable bonds is 5. The number of carbonyl (C=O) groups excluding carboxylic acids is 1. The topological polar surface area (TPSA) is 46.9 Å². The van der Waals surface area contributed by atoms with E-state index in [2.05, 4.69) is 10.4 Å². The van der Waals surface area contributed by atoms with Crippen LogP contribution in [0.5, 0.6) is 0 Å². The van der Waals surface area contributed by atoms with Crippen LogP contribution in [0.2, 0.25) is 5.15 Å². The van der Waals surface area contributed by atoms with Gasteiger partial charge in [-0.15, -0.1) is 0 Å². The van der Waals surface area contributed by atoms with Gasteiger partial charge in [-0.2, -0.15) is 5.10 Å². The van der Waals surface area contributed by atoms with Crippen LogP contribution in [0.1, 0.15) is 16.8 Å². The lowest BCUT2D eigenvalue weighted by Gasteiger charge is -2.04. The van der Waals surface area contributed by atoms with Crippen LogP contribution < -0.4 is 5.32 Å². The van der Waals surface area contributed by atoms with Gasteiger partial charge in [-0.1, -0.05) is 41.9 Å². The Labute approximate surface area is 160 Å². The molecule has 0 aliphatic rings. The first kappa shape index (κ1) is 18.8. The number of aryl methyl sites for hydroxylation is 1. The van der Waals surface area contributed by atoms with Crippen LogP contribution in [-0.4, -0.2) is 15.7 Å². The summed E-state index contributed by atoms with van der Waals surface area (Å²) in [5, 5.41) is 7.07. The molecule has 0 unspecified atom stereocenters. The molecule has 0 bridgehead atoms. The Morgan fingerprint density at radius 2 is 1.96 bits per heavy atom. The van der Waals surface area contributed by atoms with E-state index < -0.39 is 17.5 Å². The van der Waals surface area contributed by atoms with Crippen LogP contribution in [0.3, 0.4) is 0 Å². The van der Waals surface area contributed by atoms with Gasteiger partial charge >= 0.3 is 0 Å². The molecule has 0 aliphatic heterocycles. The van der Waals surface area contributed by atoms with Crippen LogP contribution in [0.4, 0.5) is 14.5 Å².